The zero-order valence-electron chi connectivity index (χ0n) is 15.0. The van der Waals surface area contributed by atoms with Crippen molar-refractivity contribution in [3.63, 3.8) is 0 Å². The van der Waals surface area contributed by atoms with E-state index >= 15 is 0 Å². The van der Waals surface area contributed by atoms with E-state index in [0.717, 1.165) is 43.3 Å². The normalized spacial score (nSPS) is 15.4. The number of ketones is 1. The topological polar surface area (TPSA) is 55.8 Å². The first kappa shape index (κ1) is 19.8. The Bertz CT molecular complexity index is 435. The third kappa shape index (κ3) is 6.38. The van der Waals surface area contributed by atoms with Crippen LogP contribution < -0.4 is 0 Å². The molecule has 0 aromatic rings. The fraction of sp³-hybridized carbons (Fsp3) is 0.737. The van der Waals surface area contributed by atoms with Crippen molar-refractivity contribution < 1.29 is 19.4 Å². The van der Waals surface area contributed by atoms with E-state index in [2.05, 4.69) is 0 Å². The van der Waals surface area contributed by atoms with Gasteiger partial charge in [0.15, 0.2) is 0 Å². The van der Waals surface area contributed by atoms with Crippen molar-refractivity contribution in [3.8, 4) is 0 Å². The zero-order valence-corrected chi connectivity index (χ0v) is 15.0. The Morgan fingerprint density at radius 1 is 0.913 bits per heavy atom. The van der Waals surface area contributed by atoms with Crippen LogP contribution in [0.5, 0.6) is 0 Å². The Kier molecular flexibility index (Phi) is 9.69. The van der Waals surface area contributed by atoms with Gasteiger partial charge in [-0.2, -0.15) is 0 Å². The number of carbonyl (C=O) groups excluding carboxylic acids is 1. The number of ether oxygens (including phenoxy) is 2. The van der Waals surface area contributed by atoms with Crippen LogP contribution in [0.1, 0.15) is 71.1 Å². The molecule has 0 spiro atoms. The van der Waals surface area contributed by atoms with Crippen molar-refractivity contribution in [2.75, 3.05) is 20.8 Å². The lowest BCUT2D eigenvalue weighted by atomic mass is 9.90. The van der Waals surface area contributed by atoms with Crippen LogP contribution in [0.15, 0.2) is 22.7 Å². The van der Waals surface area contributed by atoms with E-state index in [0.29, 0.717) is 24.5 Å². The Balaban J connectivity index is 2.28. The minimum absolute atomic E-state index is 0.00268. The van der Waals surface area contributed by atoms with Crippen molar-refractivity contribution in [3.05, 3.63) is 22.7 Å². The molecular formula is C19H32O4. The summed E-state index contributed by atoms with van der Waals surface area (Å²) in [5.41, 5.74) is 2.02. The SMILES string of the molecule is COC1=C(OC)C(=O)C(CCCCCCCCCCO)=C(C)C1. The molecule has 0 radical (unpaired) electrons. The minimum atomic E-state index is -0.00268. The molecule has 0 fully saturated rings. The highest BCUT2D eigenvalue weighted by Crippen LogP contribution is 2.30. The molecular weight excluding hydrogens is 292 g/mol. The van der Waals surface area contributed by atoms with Gasteiger partial charge in [0.05, 0.1) is 14.2 Å². The summed E-state index contributed by atoms with van der Waals surface area (Å²) in [7, 11) is 3.11. The van der Waals surface area contributed by atoms with Gasteiger partial charge < -0.3 is 14.6 Å². The maximum Gasteiger partial charge on any atom is 0.227 e. The average Bonchev–Trinajstić information content (AvgIpc) is 2.55. The van der Waals surface area contributed by atoms with Gasteiger partial charge in [-0.15, -0.1) is 0 Å². The summed E-state index contributed by atoms with van der Waals surface area (Å²) < 4.78 is 10.5. The molecule has 0 bridgehead atoms. The fourth-order valence-electron chi connectivity index (χ4n) is 3.06. The van der Waals surface area contributed by atoms with Gasteiger partial charge in [-0.3, -0.25) is 4.79 Å². The summed E-state index contributed by atoms with van der Waals surface area (Å²) in [6.07, 6.45) is 10.7. The van der Waals surface area contributed by atoms with Crippen molar-refractivity contribution in [2.45, 2.75) is 71.1 Å². The highest BCUT2D eigenvalue weighted by molar-refractivity contribution is 6.08. The molecule has 0 aromatic heterocycles. The first-order valence-corrected chi connectivity index (χ1v) is 8.81. The maximum atomic E-state index is 12.5. The Hall–Kier alpha value is -1.29. The molecule has 4 nitrogen and oxygen atoms in total. The van der Waals surface area contributed by atoms with Crippen LogP contribution in [0.2, 0.25) is 0 Å². The second kappa shape index (κ2) is 11.3. The van der Waals surface area contributed by atoms with Gasteiger partial charge in [0.25, 0.3) is 0 Å². The second-order valence-corrected chi connectivity index (χ2v) is 6.23. The molecule has 1 aliphatic carbocycles. The first-order valence-electron chi connectivity index (χ1n) is 8.81. The molecule has 0 amide bonds. The van der Waals surface area contributed by atoms with Gasteiger partial charge in [-0.1, -0.05) is 44.1 Å². The standard InChI is InChI=1S/C19H32O4/c1-15-14-17(22-2)19(23-3)18(21)16(15)12-10-8-6-4-5-7-9-11-13-20/h20H,4-14H2,1-3H3. The zero-order chi connectivity index (χ0) is 17.1. The van der Waals surface area contributed by atoms with Gasteiger partial charge in [0, 0.05) is 18.6 Å². The minimum Gasteiger partial charge on any atom is -0.497 e. The molecule has 0 saturated carbocycles. The van der Waals surface area contributed by atoms with Crippen molar-refractivity contribution in [2.24, 2.45) is 0 Å². The lowest BCUT2D eigenvalue weighted by molar-refractivity contribution is -0.115. The number of Topliss-reactive ketones (excluding diaryl/α,β-unsaturated/α-hetero) is 1. The lowest BCUT2D eigenvalue weighted by Gasteiger charge is -2.21. The van der Waals surface area contributed by atoms with E-state index < -0.39 is 0 Å². The van der Waals surface area contributed by atoms with Crippen molar-refractivity contribution in [1.29, 1.82) is 0 Å². The Morgan fingerprint density at radius 2 is 1.48 bits per heavy atom. The van der Waals surface area contributed by atoms with E-state index in [1.165, 1.54) is 32.8 Å². The molecule has 4 heteroatoms. The molecule has 0 aliphatic heterocycles. The largest absolute Gasteiger partial charge is 0.497 e. The highest BCUT2D eigenvalue weighted by atomic mass is 16.5. The van der Waals surface area contributed by atoms with Crippen LogP contribution in [0.4, 0.5) is 0 Å². The predicted octanol–water partition coefficient (Wildman–Crippen LogP) is 4.28. The van der Waals surface area contributed by atoms with Gasteiger partial charge in [0.2, 0.25) is 11.5 Å². The smallest absolute Gasteiger partial charge is 0.227 e. The van der Waals surface area contributed by atoms with Crippen LogP contribution in [0.3, 0.4) is 0 Å². The van der Waals surface area contributed by atoms with Crippen LogP contribution in [-0.4, -0.2) is 31.7 Å². The third-order valence-corrected chi connectivity index (χ3v) is 4.46. The summed E-state index contributed by atoms with van der Waals surface area (Å²) in [5, 5.41) is 8.72. The van der Waals surface area contributed by atoms with Crippen LogP contribution in [0, 0.1) is 0 Å². The number of aliphatic hydroxyl groups is 1. The van der Waals surface area contributed by atoms with Gasteiger partial charge in [0.1, 0.15) is 5.76 Å². The number of rotatable bonds is 12. The van der Waals surface area contributed by atoms with Crippen molar-refractivity contribution >= 4 is 5.78 Å². The van der Waals surface area contributed by atoms with E-state index in [1.807, 2.05) is 6.92 Å². The van der Waals surface area contributed by atoms with Gasteiger partial charge >= 0.3 is 0 Å². The maximum absolute atomic E-state index is 12.5. The quantitative estimate of drug-likeness (QED) is 0.544. The molecule has 0 atom stereocenters. The number of hydrogen-bond acceptors (Lipinski definition) is 4. The van der Waals surface area contributed by atoms with E-state index in [4.69, 9.17) is 14.6 Å². The third-order valence-electron chi connectivity index (χ3n) is 4.46. The summed E-state index contributed by atoms with van der Waals surface area (Å²) in [6.45, 7) is 2.32. The summed E-state index contributed by atoms with van der Waals surface area (Å²) in [5.74, 6) is 1.01. The Labute approximate surface area is 140 Å². The molecule has 0 heterocycles. The van der Waals surface area contributed by atoms with Crippen LogP contribution in [0.25, 0.3) is 0 Å². The number of allylic oxidation sites excluding steroid dienone is 2. The van der Waals surface area contributed by atoms with Crippen molar-refractivity contribution in [1.82, 2.24) is 0 Å². The fourth-order valence-corrected chi connectivity index (χ4v) is 3.06. The number of methoxy groups -OCH3 is 2. The number of hydrogen-bond donors (Lipinski definition) is 1. The van der Waals surface area contributed by atoms with Gasteiger partial charge in [-0.05, 0) is 26.2 Å². The average molecular weight is 324 g/mol. The molecule has 1 rings (SSSR count). The Morgan fingerprint density at radius 3 is 2.00 bits per heavy atom. The summed E-state index contributed by atoms with van der Waals surface area (Å²) in [4.78, 5) is 12.5. The summed E-state index contributed by atoms with van der Waals surface area (Å²) >= 11 is 0. The van der Waals surface area contributed by atoms with E-state index in [9.17, 15) is 4.79 Å². The molecule has 0 saturated heterocycles. The molecule has 1 N–H and O–H groups in total. The van der Waals surface area contributed by atoms with Crippen LogP contribution >= 0.6 is 0 Å². The number of carbonyl (C=O) groups is 1. The molecule has 1 aliphatic rings. The molecule has 0 aromatic carbocycles. The van der Waals surface area contributed by atoms with E-state index in [-0.39, 0.29) is 5.78 Å². The number of unbranched alkanes of at least 4 members (excludes halogenated alkanes) is 7. The van der Waals surface area contributed by atoms with Crippen LogP contribution in [-0.2, 0) is 14.3 Å². The second-order valence-electron chi connectivity index (χ2n) is 6.23. The molecule has 132 valence electrons. The van der Waals surface area contributed by atoms with Gasteiger partial charge in [-0.25, -0.2) is 0 Å². The predicted molar refractivity (Wildman–Crippen MR) is 92.0 cm³/mol. The monoisotopic (exact) mass is 324 g/mol. The highest BCUT2D eigenvalue weighted by Gasteiger charge is 2.27. The lowest BCUT2D eigenvalue weighted by Crippen LogP contribution is -2.18. The van der Waals surface area contributed by atoms with E-state index in [1.54, 1.807) is 7.11 Å². The molecule has 0 unspecified atom stereocenters. The number of aliphatic hydroxyl groups excluding tert-OH is 1. The molecule has 23 heavy (non-hydrogen) atoms. The first-order chi connectivity index (χ1) is 11.2. The summed E-state index contributed by atoms with van der Waals surface area (Å²) in [6, 6.07) is 0.